The second-order valence-electron chi connectivity index (χ2n) is 5.58. The number of rotatable bonds is 6. The van der Waals surface area contributed by atoms with E-state index in [1.165, 1.54) is 0 Å². The first-order valence-corrected chi connectivity index (χ1v) is 7.89. The van der Waals surface area contributed by atoms with E-state index < -0.39 is 5.97 Å². The fourth-order valence-electron chi connectivity index (χ4n) is 2.47. The Morgan fingerprint density at radius 2 is 1.76 bits per heavy atom. The van der Waals surface area contributed by atoms with Crippen LogP contribution in [0.2, 0.25) is 0 Å². The van der Waals surface area contributed by atoms with Gasteiger partial charge in [-0.25, -0.2) is 0 Å². The van der Waals surface area contributed by atoms with E-state index in [1.54, 1.807) is 30.3 Å². The van der Waals surface area contributed by atoms with Crippen LogP contribution in [0.15, 0.2) is 71.1 Å². The van der Waals surface area contributed by atoms with Crippen molar-refractivity contribution in [3.63, 3.8) is 0 Å². The number of anilines is 1. The van der Waals surface area contributed by atoms with Gasteiger partial charge in [-0.15, -0.1) is 0 Å². The third-order valence-corrected chi connectivity index (χ3v) is 3.70. The summed E-state index contributed by atoms with van der Waals surface area (Å²) in [5.74, 6) is -0.355. The molecule has 3 rings (SSSR count). The quantitative estimate of drug-likeness (QED) is 0.707. The van der Waals surface area contributed by atoms with Crippen LogP contribution in [-0.2, 0) is 11.2 Å². The molecular formula is C20H17NO4. The molecule has 0 unspecified atom stereocenters. The number of aliphatic carboxylic acids is 1. The summed E-state index contributed by atoms with van der Waals surface area (Å²) in [7, 11) is 0. The van der Waals surface area contributed by atoms with E-state index in [9.17, 15) is 9.59 Å². The standard InChI is InChI=1S/C20H17NO4/c22-19(23)12-9-14-5-4-8-16(13-14)21-20(24)18-11-10-17(25-18)15-6-2-1-3-7-15/h1-8,10-11,13H,9,12H2,(H,21,24)(H,22,23). The van der Waals surface area contributed by atoms with Gasteiger partial charge in [0, 0.05) is 17.7 Å². The lowest BCUT2D eigenvalue weighted by molar-refractivity contribution is -0.136. The van der Waals surface area contributed by atoms with Crippen molar-refractivity contribution in [2.75, 3.05) is 5.32 Å². The molecule has 0 saturated heterocycles. The number of aryl methyl sites for hydroxylation is 1. The summed E-state index contributed by atoms with van der Waals surface area (Å²) in [5, 5.41) is 11.5. The highest BCUT2D eigenvalue weighted by atomic mass is 16.4. The van der Waals surface area contributed by atoms with E-state index in [0.29, 0.717) is 17.9 Å². The second kappa shape index (κ2) is 7.49. The van der Waals surface area contributed by atoms with Crippen molar-refractivity contribution in [3.05, 3.63) is 78.1 Å². The van der Waals surface area contributed by atoms with Crippen LogP contribution in [0.5, 0.6) is 0 Å². The zero-order chi connectivity index (χ0) is 17.6. The summed E-state index contributed by atoms with van der Waals surface area (Å²) in [5.41, 5.74) is 2.35. The lowest BCUT2D eigenvalue weighted by atomic mass is 10.1. The van der Waals surface area contributed by atoms with Gasteiger partial charge in [0.25, 0.3) is 5.91 Å². The number of benzene rings is 2. The van der Waals surface area contributed by atoms with Crippen LogP contribution in [0, 0.1) is 0 Å². The average molecular weight is 335 g/mol. The van der Waals surface area contributed by atoms with Crippen LogP contribution < -0.4 is 5.32 Å². The van der Waals surface area contributed by atoms with Crippen molar-refractivity contribution in [2.24, 2.45) is 0 Å². The summed E-state index contributed by atoms with van der Waals surface area (Å²) in [6, 6.07) is 20.1. The number of carboxylic acid groups (broad SMARTS) is 1. The van der Waals surface area contributed by atoms with Gasteiger partial charge in [0.2, 0.25) is 0 Å². The van der Waals surface area contributed by atoms with Gasteiger partial charge in [-0.1, -0.05) is 42.5 Å². The molecular weight excluding hydrogens is 318 g/mol. The van der Waals surface area contributed by atoms with E-state index >= 15 is 0 Å². The molecule has 1 aromatic heterocycles. The topological polar surface area (TPSA) is 79.5 Å². The predicted molar refractivity (Wildman–Crippen MR) is 94.5 cm³/mol. The molecule has 2 aromatic carbocycles. The number of amides is 1. The van der Waals surface area contributed by atoms with Gasteiger partial charge < -0.3 is 14.8 Å². The summed E-state index contributed by atoms with van der Waals surface area (Å²) in [6.07, 6.45) is 0.466. The summed E-state index contributed by atoms with van der Waals surface area (Å²) < 4.78 is 5.62. The van der Waals surface area contributed by atoms with E-state index in [4.69, 9.17) is 9.52 Å². The zero-order valence-electron chi connectivity index (χ0n) is 13.4. The normalized spacial score (nSPS) is 10.4. The average Bonchev–Trinajstić information content (AvgIpc) is 3.11. The number of carboxylic acids is 1. The number of carbonyl (C=O) groups is 2. The third kappa shape index (κ3) is 4.35. The highest BCUT2D eigenvalue weighted by Crippen LogP contribution is 2.22. The highest BCUT2D eigenvalue weighted by molar-refractivity contribution is 6.02. The minimum absolute atomic E-state index is 0.0516. The lowest BCUT2D eigenvalue weighted by Gasteiger charge is -2.06. The zero-order valence-corrected chi connectivity index (χ0v) is 13.4. The maximum Gasteiger partial charge on any atom is 0.303 e. The molecule has 0 saturated carbocycles. The molecule has 0 atom stereocenters. The number of furan rings is 1. The Hall–Kier alpha value is -3.34. The smallest absolute Gasteiger partial charge is 0.303 e. The Kier molecular flexibility index (Phi) is 4.95. The first-order valence-electron chi connectivity index (χ1n) is 7.89. The molecule has 0 aliphatic rings. The van der Waals surface area contributed by atoms with Crippen molar-refractivity contribution in [3.8, 4) is 11.3 Å². The first-order chi connectivity index (χ1) is 12.1. The molecule has 1 heterocycles. The molecule has 5 heteroatoms. The van der Waals surface area contributed by atoms with Crippen LogP contribution in [0.25, 0.3) is 11.3 Å². The highest BCUT2D eigenvalue weighted by Gasteiger charge is 2.12. The van der Waals surface area contributed by atoms with Crippen LogP contribution in [0.3, 0.4) is 0 Å². The summed E-state index contributed by atoms with van der Waals surface area (Å²) in [4.78, 5) is 23.0. The molecule has 0 bridgehead atoms. The molecule has 0 spiro atoms. The van der Waals surface area contributed by atoms with Gasteiger partial charge in [0.05, 0.1) is 0 Å². The Balaban J connectivity index is 1.69. The molecule has 126 valence electrons. The van der Waals surface area contributed by atoms with E-state index in [1.807, 2.05) is 36.4 Å². The van der Waals surface area contributed by atoms with Crippen molar-refractivity contribution in [1.82, 2.24) is 0 Å². The Morgan fingerprint density at radius 1 is 0.960 bits per heavy atom. The monoisotopic (exact) mass is 335 g/mol. The number of nitrogens with one attached hydrogen (secondary N) is 1. The molecule has 5 nitrogen and oxygen atoms in total. The van der Waals surface area contributed by atoms with Crippen molar-refractivity contribution in [1.29, 1.82) is 0 Å². The number of hydrogen-bond acceptors (Lipinski definition) is 3. The molecule has 0 aliphatic carbocycles. The van der Waals surface area contributed by atoms with Crippen molar-refractivity contribution in [2.45, 2.75) is 12.8 Å². The van der Waals surface area contributed by atoms with Crippen LogP contribution in [-0.4, -0.2) is 17.0 Å². The molecule has 25 heavy (non-hydrogen) atoms. The van der Waals surface area contributed by atoms with E-state index in [0.717, 1.165) is 11.1 Å². The van der Waals surface area contributed by atoms with Gasteiger partial charge >= 0.3 is 5.97 Å². The lowest BCUT2D eigenvalue weighted by Crippen LogP contribution is -2.11. The van der Waals surface area contributed by atoms with Gasteiger partial charge in [0.15, 0.2) is 5.76 Å². The Labute approximate surface area is 144 Å². The molecule has 0 aliphatic heterocycles. The van der Waals surface area contributed by atoms with Crippen LogP contribution >= 0.6 is 0 Å². The van der Waals surface area contributed by atoms with Crippen molar-refractivity contribution >= 4 is 17.6 Å². The fourth-order valence-corrected chi connectivity index (χ4v) is 2.47. The number of carbonyl (C=O) groups excluding carboxylic acids is 1. The third-order valence-electron chi connectivity index (χ3n) is 3.70. The molecule has 1 amide bonds. The second-order valence-corrected chi connectivity index (χ2v) is 5.58. The maximum absolute atomic E-state index is 12.3. The summed E-state index contributed by atoms with van der Waals surface area (Å²) >= 11 is 0. The maximum atomic E-state index is 12.3. The van der Waals surface area contributed by atoms with E-state index in [2.05, 4.69) is 5.32 Å². The molecule has 0 fully saturated rings. The van der Waals surface area contributed by atoms with Gasteiger partial charge in [0.1, 0.15) is 5.76 Å². The van der Waals surface area contributed by atoms with Crippen LogP contribution in [0.4, 0.5) is 5.69 Å². The minimum Gasteiger partial charge on any atom is -0.481 e. The predicted octanol–water partition coefficient (Wildman–Crippen LogP) is 4.22. The molecule has 0 radical (unpaired) electrons. The Bertz CT molecular complexity index is 883. The Morgan fingerprint density at radius 3 is 2.52 bits per heavy atom. The first kappa shape index (κ1) is 16.5. The van der Waals surface area contributed by atoms with Gasteiger partial charge in [-0.3, -0.25) is 9.59 Å². The molecule has 2 N–H and O–H groups in total. The van der Waals surface area contributed by atoms with E-state index in [-0.39, 0.29) is 18.1 Å². The SMILES string of the molecule is O=C(O)CCc1cccc(NC(=O)c2ccc(-c3ccccc3)o2)c1. The molecule has 3 aromatic rings. The summed E-state index contributed by atoms with van der Waals surface area (Å²) in [6.45, 7) is 0. The largest absolute Gasteiger partial charge is 0.481 e. The van der Waals surface area contributed by atoms with Crippen LogP contribution in [0.1, 0.15) is 22.5 Å². The fraction of sp³-hybridized carbons (Fsp3) is 0.100. The van der Waals surface area contributed by atoms with Gasteiger partial charge in [-0.05, 0) is 36.2 Å². The van der Waals surface area contributed by atoms with Gasteiger partial charge in [-0.2, -0.15) is 0 Å². The minimum atomic E-state index is -0.849. The number of hydrogen-bond donors (Lipinski definition) is 2. The van der Waals surface area contributed by atoms with Crippen molar-refractivity contribution < 1.29 is 19.1 Å².